The second-order valence-electron chi connectivity index (χ2n) is 5.60. The lowest BCUT2D eigenvalue weighted by atomic mass is 10.2. The van der Waals surface area contributed by atoms with E-state index in [1.54, 1.807) is 38.1 Å². The molecule has 2 N–H and O–H groups in total. The summed E-state index contributed by atoms with van der Waals surface area (Å²) >= 11 is 0. The Morgan fingerprint density at radius 1 is 1.07 bits per heavy atom. The van der Waals surface area contributed by atoms with E-state index in [4.69, 9.17) is 0 Å². The molecule has 0 saturated carbocycles. The van der Waals surface area contributed by atoms with Gasteiger partial charge >= 0.3 is 0 Å². The number of nitro benzene ring substituents is 1. The van der Waals surface area contributed by atoms with Crippen LogP contribution in [0.2, 0.25) is 0 Å². The minimum absolute atomic E-state index is 0.0154. The average molecular weight is 393 g/mol. The Morgan fingerprint density at radius 3 is 2.33 bits per heavy atom. The first-order valence-corrected chi connectivity index (χ1v) is 10.0. The van der Waals surface area contributed by atoms with Crippen LogP contribution in [0.25, 0.3) is 0 Å². The lowest BCUT2D eigenvalue weighted by molar-refractivity contribution is -0.384. The summed E-state index contributed by atoms with van der Waals surface area (Å²) in [4.78, 5) is 14.8. The van der Waals surface area contributed by atoms with Crippen LogP contribution in [0, 0.1) is 10.1 Å². The van der Waals surface area contributed by atoms with E-state index in [0.29, 0.717) is 37.7 Å². The molecule has 9 nitrogen and oxygen atoms in total. The number of rotatable bonds is 10. The van der Waals surface area contributed by atoms with Gasteiger partial charge in [-0.15, -0.1) is 0 Å². The van der Waals surface area contributed by atoms with Gasteiger partial charge in [-0.1, -0.05) is 26.0 Å². The monoisotopic (exact) mass is 393 g/mol. The Bertz CT molecular complexity index is 867. The van der Waals surface area contributed by atoms with Crippen LogP contribution < -0.4 is 10.6 Å². The summed E-state index contributed by atoms with van der Waals surface area (Å²) in [7, 11) is -3.53. The van der Waals surface area contributed by atoms with E-state index in [0.717, 1.165) is 0 Å². The quantitative estimate of drug-likeness (QED) is 0.362. The van der Waals surface area contributed by atoms with Crippen LogP contribution in [0.1, 0.15) is 13.8 Å². The third-order valence-corrected chi connectivity index (χ3v) is 5.96. The van der Waals surface area contributed by atoms with Crippen LogP contribution in [0.5, 0.6) is 0 Å². The molecule has 10 heteroatoms. The van der Waals surface area contributed by atoms with E-state index >= 15 is 0 Å². The largest absolute Gasteiger partial charge is 0.378 e. The number of nitrogens with one attached hydrogen (secondary N) is 2. The third kappa shape index (κ3) is 5.14. The highest BCUT2D eigenvalue weighted by molar-refractivity contribution is 7.89. The number of sulfonamides is 1. The number of hydrogen-bond donors (Lipinski definition) is 2. The summed E-state index contributed by atoms with van der Waals surface area (Å²) in [6.45, 7) is 5.27. The zero-order chi connectivity index (χ0) is 19.9. The van der Waals surface area contributed by atoms with Crippen molar-refractivity contribution in [2.75, 3.05) is 36.8 Å². The Morgan fingerprint density at radius 2 is 1.74 bits per heavy atom. The van der Waals surface area contributed by atoms with Crippen molar-refractivity contribution in [3.8, 4) is 0 Å². The van der Waals surface area contributed by atoms with E-state index in [1.165, 1.54) is 22.6 Å². The van der Waals surface area contributed by atoms with Crippen LogP contribution >= 0.6 is 0 Å². The molecule has 0 aliphatic rings. The second-order valence-corrected chi connectivity index (χ2v) is 7.53. The van der Waals surface area contributed by atoms with Crippen LogP contribution in [0.15, 0.2) is 47.5 Å². The molecule has 0 atom stereocenters. The van der Waals surface area contributed by atoms with Crippen molar-refractivity contribution in [2.24, 2.45) is 0 Å². The van der Waals surface area contributed by atoms with Gasteiger partial charge < -0.3 is 10.6 Å². The molecule has 0 fully saturated rings. The van der Waals surface area contributed by atoms with Gasteiger partial charge in [0.05, 0.1) is 4.92 Å². The zero-order valence-electron chi connectivity index (χ0n) is 15.3. The number of nitro groups is 1. The average Bonchev–Trinajstić information content (AvgIpc) is 2.66. The molecule has 2 aromatic rings. The van der Waals surface area contributed by atoms with Gasteiger partial charge in [0.15, 0.2) is 0 Å². The summed E-state index contributed by atoms with van der Waals surface area (Å²) in [6, 6.07) is 9.52. The maximum absolute atomic E-state index is 12.4. The molecule has 0 aliphatic heterocycles. The van der Waals surface area contributed by atoms with E-state index in [1.807, 2.05) is 0 Å². The van der Waals surface area contributed by atoms with Crippen molar-refractivity contribution in [2.45, 2.75) is 18.7 Å². The molecular weight excluding hydrogens is 370 g/mol. The Balaban J connectivity index is 1.92. The summed E-state index contributed by atoms with van der Waals surface area (Å²) in [6.07, 6.45) is 1.32. The fourth-order valence-corrected chi connectivity index (χ4v) is 3.92. The van der Waals surface area contributed by atoms with Gasteiger partial charge in [-0.05, 0) is 18.2 Å². The molecule has 0 aliphatic carbocycles. The Kier molecular flexibility index (Phi) is 7.08. The van der Waals surface area contributed by atoms with Gasteiger partial charge in [-0.2, -0.15) is 4.31 Å². The third-order valence-electron chi connectivity index (χ3n) is 3.93. The normalized spacial score (nSPS) is 11.4. The lowest BCUT2D eigenvalue weighted by Crippen LogP contribution is -2.30. The number of benzene rings is 1. The van der Waals surface area contributed by atoms with Crippen molar-refractivity contribution >= 4 is 27.2 Å². The van der Waals surface area contributed by atoms with Crippen LogP contribution in [0.4, 0.5) is 17.2 Å². The van der Waals surface area contributed by atoms with Gasteiger partial charge in [0, 0.05) is 38.4 Å². The molecule has 27 heavy (non-hydrogen) atoms. The molecule has 0 amide bonds. The van der Waals surface area contributed by atoms with Gasteiger partial charge in [-0.3, -0.25) is 10.1 Å². The smallest absolute Gasteiger partial charge is 0.292 e. The first-order valence-electron chi connectivity index (χ1n) is 8.57. The zero-order valence-corrected chi connectivity index (χ0v) is 16.1. The number of nitrogens with zero attached hydrogens (tertiary/aromatic N) is 3. The van der Waals surface area contributed by atoms with Crippen molar-refractivity contribution in [3.63, 3.8) is 0 Å². The molecule has 1 aromatic carbocycles. The molecule has 1 aromatic heterocycles. The maximum Gasteiger partial charge on any atom is 0.292 e. The van der Waals surface area contributed by atoms with Crippen molar-refractivity contribution in [3.05, 3.63) is 52.7 Å². The first kappa shape index (κ1) is 20.6. The number of anilines is 2. The highest BCUT2D eigenvalue weighted by Crippen LogP contribution is 2.22. The van der Waals surface area contributed by atoms with Crippen LogP contribution in [0.3, 0.4) is 0 Å². The number of para-hydroxylation sites is 2. The first-order chi connectivity index (χ1) is 12.9. The van der Waals surface area contributed by atoms with Crippen molar-refractivity contribution in [1.29, 1.82) is 0 Å². The van der Waals surface area contributed by atoms with E-state index in [2.05, 4.69) is 15.6 Å². The van der Waals surface area contributed by atoms with Crippen LogP contribution in [-0.2, 0) is 10.0 Å². The fourth-order valence-electron chi connectivity index (χ4n) is 2.52. The van der Waals surface area contributed by atoms with Crippen molar-refractivity contribution < 1.29 is 13.3 Å². The van der Waals surface area contributed by atoms with Gasteiger partial charge in [0.25, 0.3) is 5.69 Å². The second kappa shape index (κ2) is 9.28. The minimum Gasteiger partial charge on any atom is -0.378 e. The molecule has 2 rings (SSSR count). The van der Waals surface area contributed by atoms with Gasteiger partial charge in [-0.25, -0.2) is 13.4 Å². The molecule has 0 saturated heterocycles. The number of pyridine rings is 1. The molecule has 0 unspecified atom stereocenters. The molecule has 0 bridgehead atoms. The summed E-state index contributed by atoms with van der Waals surface area (Å²) in [5, 5.41) is 17.0. The van der Waals surface area contributed by atoms with E-state index < -0.39 is 14.9 Å². The SMILES string of the molecule is CCN(CC)S(=O)(=O)c1ccc(NCCNc2ccccc2[N+](=O)[O-])nc1. The molecule has 1 heterocycles. The van der Waals surface area contributed by atoms with E-state index in [-0.39, 0.29) is 10.6 Å². The number of hydrogen-bond acceptors (Lipinski definition) is 7. The Labute approximate surface area is 158 Å². The number of aromatic nitrogens is 1. The highest BCUT2D eigenvalue weighted by Gasteiger charge is 2.21. The fraction of sp³-hybridized carbons (Fsp3) is 0.353. The summed E-state index contributed by atoms with van der Waals surface area (Å²) < 4.78 is 26.2. The molecular formula is C17H23N5O4S. The van der Waals surface area contributed by atoms with Crippen LogP contribution in [-0.4, -0.2) is 48.8 Å². The van der Waals surface area contributed by atoms with Gasteiger partial charge in [0.2, 0.25) is 10.0 Å². The minimum atomic E-state index is -3.53. The highest BCUT2D eigenvalue weighted by atomic mass is 32.2. The van der Waals surface area contributed by atoms with Gasteiger partial charge in [0.1, 0.15) is 16.4 Å². The lowest BCUT2D eigenvalue weighted by Gasteiger charge is -2.18. The summed E-state index contributed by atoms with van der Waals surface area (Å²) in [5.41, 5.74) is 0.458. The maximum atomic E-state index is 12.4. The standard InChI is InChI=1S/C17H23N5O4S/c1-3-21(4-2)27(25,26)14-9-10-17(20-13-14)19-12-11-18-15-7-5-6-8-16(15)22(23)24/h5-10,13,18H,3-4,11-12H2,1-2H3,(H,19,20). The topological polar surface area (TPSA) is 117 Å². The summed E-state index contributed by atoms with van der Waals surface area (Å²) in [5.74, 6) is 0.526. The van der Waals surface area contributed by atoms with Crippen molar-refractivity contribution in [1.82, 2.24) is 9.29 Å². The van der Waals surface area contributed by atoms with E-state index in [9.17, 15) is 18.5 Å². The molecule has 0 spiro atoms. The Hall–Kier alpha value is -2.72. The predicted molar refractivity (Wildman–Crippen MR) is 104 cm³/mol. The molecule has 146 valence electrons. The predicted octanol–water partition coefficient (Wildman–Crippen LogP) is 2.54. The molecule has 0 radical (unpaired) electrons.